The Hall–Kier alpha value is -13.2. The maximum absolute atomic E-state index is 6.26. The van der Waals surface area contributed by atoms with Crippen LogP contribution in [0.1, 0.15) is 22.3 Å². The highest BCUT2D eigenvalue weighted by atomic mass is 35.5. The van der Waals surface area contributed by atoms with Crippen LogP contribution < -0.4 is 0 Å². The zero-order valence-electron chi connectivity index (χ0n) is 54.5. The highest BCUT2D eigenvalue weighted by Gasteiger charge is 2.32. The molecule has 8 heteroatoms. The van der Waals surface area contributed by atoms with Gasteiger partial charge in [-0.25, -0.2) is 19.9 Å². The number of rotatable bonds is 5. The molecule has 2 aliphatic carbocycles. The molecule has 0 aliphatic heterocycles. The summed E-state index contributed by atoms with van der Waals surface area (Å²) in [5.74, 6) is 0.660. The zero-order chi connectivity index (χ0) is 66.7. The van der Waals surface area contributed by atoms with Crippen LogP contribution >= 0.6 is 11.6 Å². The number of hydrogen-bond donors (Lipinski definition) is 0. The monoisotopic (exact) mass is 1310 g/mol. The smallest absolute Gasteiger partial charge is 0.235 e. The number of nitrogens with zero attached hydrogens (tertiary/aromatic N) is 7. The number of halogens is 1. The lowest BCUT2D eigenvalue weighted by atomic mass is 9.89. The summed E-state index contributed by atoms with van der Waals surface area (Å²) in [5.41, 5.74) is 22.9. The number of aromatic nitrogens is 7. The number of allylic oxidation sites excluding steroid dienone is 2. The average Bonchev–Trinajstić information content (AvgIpc) is 1.61. The van der Waals surface area contributed by atoms with E-state index in [9.17, 15) is 0 Å². The highest BCUT2D eigenvalue weighted by Crippen LogP contribution is 2.45. The molecule has 0 saturated carbocycles. The summed E-state index contributed by atoms with van der Waals surface area (Å²) in [5, 5.41) is 17.1. The summed E-state index contributed by atoms with van der Waals surface area (Å²) in [4.78, 5) is 19.7. The lowest BCUT2D eigenvalue weighted by Crippen LogP contribution is -2.03. The number of para-hydroxylation sites is 6. The molecule has 7 nitrogen and oxygen atoms in total. The van der Waals surface area contributed by atoms with Crippen molar-refractivity contribution >= 4 is 137 Å². The Bertz CT molecular complexity index is 6880. The fraction of sp³-hybridized carbons (Fsp3) is 0.0108. The van der Waals surface area contributed by atoms with Crippen molar-refractivity contribution < 1.29 is 0 Å². The molecule has 0 N–H and O–H groups in total. The van der Waals surface area contributed by atoms with Crippen LogP contribution in [0.5, 0.6) is 0 Å². The van der Waals surface area contributed by atoms with Crippen molar-refractivity contribution in [1.29, 1.82) is 0 Å². The van der Waals surface area contributed by atoms with E-state index in [4.69, 9.17) is 21.6 Å². The molecule has 0 bridgehead atoms. The molecular formula is C93H57ClN7+. The zero-order valence-corrected chi connectivity index (χ0v) is 55.2. The van der Waals surface area contributed by atoms with Gasteiger partial charge < -0.3 is 9.13 Å². The van der Waals surface area contributed by atoms with E-state index in [0.29, 0.717) is 5.95 Å². The number of hydrogen-bond acceptors (Lipinski definition) is 4. The van der Waals surface area contributed by atoms with Gasteiger partial charge in [0.2, 0.25) is 11.2 Å². The van der Waals surface area contributed by atoms with Crippen LogP contribution in [-0.2, 0) is 6.42 Å². The molecule has 0 atom stereocenters. The Balaban J connectivity index is 0.000000113. The average molecular weight is 1310 g/mol. The molecule has 22 rings (SSSR count). The van der Waals surface area contributed by atoms with Crippen molar-refractivity contribution in [3.05, 3.63) is 373 Å². The summed E-state index contributed by atoms with van der Waals surface area (Å²) in [6.07, 6.45) is 6.62. The van der Waals surface area contributed by atoms with Crippen LogP contribution in [0, 0.1) is 6.08 Å². The molecule has 0 amide bonds. The van der Waals surface area contributed by atoms with Crippen molar-refractivity contribution in [2.24, 2.45) is 0 Å². The lowest BCUT2D eigenvalue weighted by Gasteiger charge is -2.13. The minimum Gasteiger partial charge on any atom is -0.309 e. The summed E-state index contributed by atoms with van der Waals surface area (Å²) < 4.78 is 6.93. The molecule has 0 fully saturated rings. The second-order valence-electron chi connectivity index (χ2n) is 26.1. The molecular weight excluding hydrogens is 1250 g/mol. The van der Waals surface area contributed by atoms with Gasteiger partial charge in [0.05, 0.1) is 72.7 Å². The maximum atomic E-state index is 6.26. The Morgan fingerprint density at radius 2 is 0.792 bits per heavy atom. The van der Waals surface area contributed by atoms with Gasteiger partial charge in [0.1, 0.15) is 0 Å². The summed E-state index contributed by atoms with van der Waals surface area (Å²) >= 11 is 6.26. The molecule has 15 aromatic carbocycles. The van der Waals surface area contributed by atoms with E-state index < -0.39 is 0 Å². The SMILES string of the molecule is Clc1nc(-c2ccc3c4ccccc4n(-c4ccccc4)c3c2)c2ccccc2n1.[C+]1=CC2=C(c3ccccc31)c1cc3ccccc3cc1C2.c1ccc(-n2c3ccccc3c3ccc(-c4nc(-n5c6cc7ccccc7cc6c6c7ccccc7ccc65)nc5ccccc45)cc32)cc1. The van der Waals surface area contributed by atoms with Crippen LogP contribution in [0.3, 0.4) is 0 Å². The van der Waals surface area contributed by atoms with Gasteiger partial charge in [0.15, 0.2) is 5.56 Å². The molecule has 0 radical (unpaired) electrons. The van der Waals surface area contributed by atoms with Gasteiger partial charge in [-0.2, -0.15) is 0 Å². The molecule has 20 aromatic rings. The van der Waals surface area contributed by atoms with Gasteiger partial charge in [-0.05, 0) is 159 Å². The fourth-order valence-electron chi connectivity index (χ4n) is 15.9. The Kier molecular flexibility index (Phi) is 13.5. The topological polar surface area (TPSA) is 66.3 Å². The molecule has 5 aromatic heterocycles. The van der Waals surface area contributed by atoms with Crippen molar-refractivity contribution in [3.63, 3.8) is 0 Å². The van der Waals surface area contributed by atoms with E-state index in [2.05, 4.69) is 333 Å². The van der Waals surface area contributed by atoms with Gasteiger partial charge in [-0.3, -0.25) is 4.57 Å². The normalized spacial score (nSPS) is 12.4. The summed E-state index contributed by atoms with van der Waals surface area (Å²) in [7, 11) is 0. The van der Waals surface area contributed by atoms with Crippen molar-refractivity contribution in [1.82, 2.24) is 33.6 Å². The third kappa shape index (κ3) is 9.62. The molecule has 0 unspecified atom stereocenters. The third-order valence-corrected chi connectivity index (χ3v) is 20.5. The van der Waals surface area contributed by atoms with E-state index in [0.717, 1.165) is 84.2 Å². The predicted octanol–water partition coefficient (Wildman–Crippen LogP) is 23.8. The summed E-state index contributed by atoms with van der Waals surface area (Å²) in [6.45, 7) is 0. The molecule has 101 heavy (non-hydrogen) atoms. The van der Waals surface area contributed by atoms with Gasteiger partial charge in [0, 0.05) is 95.3 Å². The number of benzene rings is 15. The van der Waals surface area contributed by atoms with Crippen molar-refractivity contribution in [2.45, 2.75) is 6.42 Å². The largest absolute Gasteiger partial charge is 0.309 e. The van der Waals surface area contributed by atoms with Crippen LogP contribution in [0.4, 0.5) is 0 Å². The van der Waals surface area contributed by atoms with Crippen LogP contribution in [0.25, 0.3) is 165 Å². The van der Waals surface area contributed by atoms with Gasteiger partial charge in [-0.15, -0.1) is 0 Å². The minimum absolute atomic E-state index is 0.257. The van der Waals surface area contributed by atoms with E-state index in [1.165, 1.54) is 109 Å². The van der Waals surface area contributed by atoms with Crippen molar-refractivity contribution in [2.75, 3.05) is 0 Å². The standard InChI is InChI=1S/C46H28N4.C26H16ClN3.C21H13/c1-2-15-33(16-3-1)49-40-21-11-9-18-35(40)36-24-22-32(28-42(36)49)45-37-19-8-10-20-39(37)47-46(48-45)50-41-25-23-29-12-6-7-17-34(29)44(41)38-26-30-13-4-5-14-31(30)27-43(38)50;27-26-28-22-12-6-4-11-21(22)25(29-26)17-14-15-20-19-10-5-7-13-23(19)30(24(20)16-17)18-8-2-1-3-9-18;1-2-7-16-13-20-18(11-15(16)6-1)12-17-10-9-14-5-3-4-8-19(14)21(17)20/h1-28H;1-16H;1-8,10-11,13H,12H2/q;;+1. The van der Waals surface area contributed by atoms with E-state index in [1.807, 2.05) is 30.3 Å². The first-order valence-electron chi connectivity index (χ1n) is 34.2. The molecule has 0 saturated heterocycles. The Morgan fingerprint density at radius 1 is 0.307 bits per heavy atom. The molecule has 0 spiro atoms. The number of fused-ring (bicyclic) bond motifs is 19. The Labute approximate surface area is 585 Å². The van der Waals surface area contributed by atoms with E-state index >= 15 is 0 Å². The quantitative estimate of drug-likeness (QED) is 0.127. The predicted molar refractivity (Wildman–Crippen MR) is 420 cm³/mol. The van der Waals surface area contributed by atoms with Crippen LogP contribution in [0.15, 0.2) is 339 Å². The first kappa shape index (κ1) is 58.0. The molecule has 2 aliphatic rings. The van der Waals surface area contributed by atoms with E-state index in [-0.39, 0.29) is 5.28 Å². The fourth-order valence-corrected chi connectivity index (χ4v) is 16.0. The maximum Gasteiger partial charge on any atom is 0.235 e. The second kappa shape index (κ2) is 23.5. The minimum atomic E-state index is 0.257. The van der Waals surface area contributed by atoms with E-state index in [1.54, 1.807) is 0 Å². The molecule has 5 heterocycles. The van der Waals surface area contributed by atoms with Gasteiger partial charge >= 0.3 is 0 Å². The second-order valence-corrected chi connectivity index (χ2v) is 26.4. The lowest BCUT2D eigenvalue weighted by molar-refractivity contribution is 1.01. The first-order valence-corrected chi connectivity index (χ1v) is 34.5. The van der Waals surface area contributed by atoms with Crippen LogP contribution in [-0.4, -0.2) is 33.6 Å². The highest BCUT2D eigenvalue weighted by molar-refractivity contribution is 6.29. The summed E-state index contributed by atoms with van der Waals surface area (Å²) in [6, 6.07) is 116. The Morgan fingerprint density at radius 3 is 1.44 bits per heavy atom. The van der Waals surface area contributed by atoms with Gasteiger partial charge in [-0.1, -0.05) is 212 Å². The molecule has 470 valence electrons. The third-order valence-electron chi connectivity index (χ3n) is 20.4. The van der Waals surface area contributed by atoms with Crippen LogP contribution in [0.2, 0.25) is 5.28 Å². The van der Waals surface area contributed by atoms with Crippen molar-refractivity contribution in [3.8, 4) is 39.8 Å². The van der Waals surface area contributed by atoms with Gasteiger partial charge in [0.25, 0.3) is 0 Å². The first-order chi connectivity index (χ1) is 50.0.